The molecule has 92 valence electrons. The van der Waals surface area contributed by atoms with Gasteiger partial charge in [-0.2, -0.15) is 4.98 Å². The third-order valence-corrected chi connectivity index (χ3v) is 3.63. The van der Waals surface area contributed by atoms with Gasteiger partial charge < -0.3 is 15.4 Å². The van der Waals surface area contributed by atoms with Crippen LogP contribution in [0.4, 0.5) is 11.8 Å². The molecule has 0 bridgehead atoms. The molecule has 5 nitrogen and oxygen atoms in total. The highest BCUT2D eigenvalue weighted by molar-refractivity contribution is 5.45. The first kappa shape index (κ1) is 10.8. The summed E-state index contributed by atoms with van der Waals surface area (Å²) in [6, 6.07) is 2.48. The first-order valence-corrected chi connectivity index (χ1v) is 6.23. The van der Waals surface area contributed by atoms with E-state index in [9.17, 15) is 0 Å². The van der Waals surface area contributed by atoms with Crippen LogP contribution in [0.2, 0.25) is 0 Å². The van der Waals surface area contributed by atoms with E-state index in [1.165, 1.54) is 19.3 Å². The van der Waals surface area contributed by atoms with Crippen molar-refractivity contribution in [1.29, 1.82) is 0 Å². The van der Waals surface area contributed by atoms with Crippen LogP contribution in [-0.2, 0) is 4.74 Å². The van der Waals surface area contributed by atoms with Crippen LogP contribution in [0.15, 0.2) is 6.07 Å². The van der Waals surface area contributed by atoms with E-state index in [0.717, 1.165) is 24.7 Å². The number of fused-ring (bicyclic) bond motifs is 1. The fraction of sp³-hybridized carbons (Fsp3) is 0.667. The Morgan fingerprint density at radius 1 is 1.41 bits per heavy atom. The van der Waals surface area contributed by atoms with Gasteiger partial charge in [0.25, 0.3) is 0 Å². The van der Waals surface area contributed by atoms with Crippen LogP contribution in [0.3, 0.4) is 0 Å². The lowest BCUT2D eigenvalue weighted by molar-refractivity contribution is 0.0253. The Bertz CT molecular complexity index is 403. The van der Waals surface area contributed by atoms with Gasteiger partial charge >= 0.3 is 0 Å². The molecule has 1 aliphatic carbocycles. The van der Waals surface area contributed by atoms with E-state index in [0.29, 0.717) is 18.1 Å². The molecule has 2 aliphatic rings. The van der Waals surface area contributed by atoms with Crippen molar-refractivity contribution in [2.45, 2.75) is 38.3 Å². The topological polar surface area (TPSA) is 64.3 Å². The van der Waals surface area contributed by atoms with Crippen molar-refractivity contribution in [3.8, 4) is 0 Å². The van der Waals surface area contributed by atoms with Crippen LogP contribution >= 0.6 is 0 Å². The molecule has 17 heavy (non-hydrogen) atoms. The summed E-state index contributed by atoms with van der Waals surface area (Å²) in [4.78, 5) is 10.8. The Morgan fingerprint density at radius 3 is 3.12 bits per heavy atom. The molecule has 2 atom stereocenters. The highest BCUT2D eigenvalue weighted by Gasteiger charge is 2.36. The molecular weight excluding hydrogens is 216 g/mol. The summed E-state index contributed by atoms with van der Waals surface area (Å²) in [6.07, 6.45) is 3.97. The summed E-state index contributed by atoms with van der Waals surface area (Å²) in [5.41, 5.74) is 6.65. The molecule has 0 spiro atoms. The second kappa shape index (κ2) is 4.14. The highest BCUT2D eigenvalue weighted by Crippen LogP contribution is 2.32. The second-order valence-corrected chi connectivity index (χ2v) is 4.83. The number of nitrogen functional groups attached to an aromatic ring is 1. The van der Waals surface area contributed by atoms with Gasteiger partial charge in [-0.05, 0) is 26.2 Å². The van der Waals surface area contributed by atoms with Crippen molar-refractivity contribution < 1.29 is 4.74 Å². The zero-order valence-electron chi connectivity index (χ0n) is 10.1. The average Bonchev–Trinajstić information content (AvgIpc) is 2.75. The second-order valence-electron chi connectivity index (χ2n) is 4.83. The fourth-order valence-electron chi connectivity index (χ4n) is 2.93. The molecule has 2 fully saturated rings. The maximum atomic E-state index is 5.80. The zero-order chi connectivity index (χ0) is 11.8. The van der Waals surface area contributed by atoms with E-state index in [-0.39, 0.29) is 0 Å². The maximum absolute atomic E-state index is 5.80. The van der Waals surface area contributed by atoms with Crippen molar-refractivity contribution in [3.05, 3.63) is 11.8 Å². The first-order valence-electron chi connectivity index (χ1n) is 6.23. The predicted molar refractivity (Wildman–Crippen MR) is 65.9 cm³/mol. The summed E-state index contributed by atoms with van der Waals surface area (Å²) in [6.45, 7) is 3.63. The summed E-state index contributed by atoms with van der Waals surface area (Å²) >= 11 is 0. The fourth-order valence-corrected chi connectivity index (χ4v) is 2.93. The molecule has 1 aromatic heterocycles. The number of nitrogens with two attached hydrogens (primary N) is 1. The van der Waals surface area contributed by atoms with Crippen molar-refractivity contribution in [1.82, 2.24) is 9.97 Å². The third kappa shape index (κ3) is 1.95. The predicted octanol–water partition coefficient (Wildman–Crippen LogP) is 1.12. The lowest BCUT2D eigenvalue weighted by Gasteiger charge is -2.38. The number of ether oxygens (including phenoxy) is 1. The Morgan fingerprint density at radius 2 is 2.29 bits per heavy atom. The van der Waals surface area contributed by atoms with E-state index < -0.39 is 0 Å². The number of hydrogen-bond acceptors (Lipinski definition) is 5. The Balaban J connectivity index is 1.91. The van der Waals surface area contributed by atoms with Gasteiger partial charge in [0.05, 0.1) is 18.8 Å². The van der Waals surface area contributed by atoms with E-state index in [1.54, 1.807) is 0 Å². The normalized spacial score (nSPS) is 28.2. The van der Waals surface area contributed by atoms with Gasteiger partial charge in [0.15, 0.2) is 0 Å². The van der Waals surface area contributed by atoms with Gasteiger partial charge in [0, 0.05) is 18.3 Å². The number of rotatable bonds is 1. The van der Waals surface area contributed by atoms with Crippen LogP contribution in [0, 0.1) is 6.92 Å². The lowest BCUT2D eigenvalue weighted by Crippen LogP contribution is -2.49. The van der Waals surface area contributed by atoms with Crippen molar-refractivity contribution in [2.75, 3.05) is 23.8 Å². The van der Waals surface area contributed by atoms with E-state index in [2.05, 4.69) is 14.9 Å². The molecule has 0 amide bonds. The van der Waals surface area contributed by atoms with Gasteiger partial charge in [-0.15, -0.1) is 0 Å². The molecule has 3 rings (SSSR count). The molecule has 0 radical (unpaired) electrons. The first-order chi connectivity index (χ1) is 8.24. The third-order valence-electron chi connectivity index (χ3n) is 3.63. The molecular formula is C12H18N4O. The molecule has 1 aliphatic heterocycles. The molecule has 2 unspecified atom stereocenters. The Hall–Kier alpha value is -1.36. The van der Waals surface area contributed by atoms with Crippen LogP contribution in [0.1, 0.15) is 25.0 Å². The maximum Gasteiger partial charge on any atom is 0.222 e. The van der Waals surface area contributed by atoms with Gasteiger partial charge in [0.2, 0.25) is 5.95 Å². The van der Waals surface area contributed by atoms with Gasteiger partial charge in [-0.1, -0.05) is 0 Å². The number of aryl methyl sites for hydroxylation is 1. The van der Waals surface area contributed by atoms with Gasteiger partial charge in [-0.25, -0.2) is 4.98 Å². The molecule has 1 aromatic rings. The summed E-state index contributed by atoms with van der Waals surface area (Å²) < 4.78 is 5.80. The Kier molecular flexibility index (Phi) is 2.63. The van der Waals surface area contributed by atoms with Gasteiger partial charge in [0.1, 0.15) is 5.82 Å². The summed E-state index contributed by atoms with van der Waals surface area (Å²) in [5.74, 6) is 1.32. The van der Waals surface area contributed by atoms with Crippen molar-refractivity contribution >= 4 is 11.8 Å². The minimum atomic E-state index is 0.362. The van der Waals surface area contributed by atoms with Gasteiger partial charge in [-0.3, -0.25) is 0 Å². The molecule has 1 saturated carbocycles. The molecule has 0 aromatic carbocycles. The minimum absolute atomic E-state index is 0.362. The number of nitrogens with zero attached hydrogens (tertiary/aromatic N) is 3. The Labute approximate surface area is 101 Å². The number of hydrogen-bond donors (Lipinski definition) is 1. The molecule has 2 N–H and O–H groups in total. The largest absolute Gasteiger partial charge is 0.374 e. The van der Waals surface area contributed by atoms with Crippen molar-refractivity contribution in [2.24, 2.45) is 0 Å². The summed E-state index contributed by atoms with van der Waals surface area (Å²) in [7, 11) is 0. The minimum Gasteiger partial charge on any atom is -0.374 e. The molecule has 1 saturated heterocycles. The molecule has 5 heteroatoms. The molecule has 2 heterocycles. The van der Waals surface area contributed by atoms with Crippen molar-refractivity contribution in [3.63, 3.8) is 0 Å². The standard InChI is InChI=1S/C12H18N4O/c1-8-7-11(15-12(13)14-8)16-5-6-17-10-4-2-3-9(10)16/h7,9-10H,2-6H2,1H3,(H2,13,14,15). The highest BCUT2D eigenvalue weighted by atomic mass is 16.5. The number of aromatic nitrogens is 2. The smallest absolute Gasteiger partial charge is 0.222 e. The zero-order valence-corrected chi connectivity index (χ0v) is 10.1. The van der Waals surface area contributed by atoms with Crippen LogP contribution < -0.4 is 10.6 Å². The van der Waals surface area contributed by atoms with E-state index >= 15 is 0 Å². The quantitative estimate of drug-likeness (QED) is 0.789. The SMILES string of the molecule is Cc1cc(N2CCOC3CCCC32)nc(N)n1. The van der Waals surface area contributed by atoms with E-state index in [1.807, 2.05) is 13.0 Å². The number of anilines is 2. The lowest BCUT2D eigenvalue weighted by atomic mass is 10.1. The monoisotopic (exact) mass is 234 g/mol. The van der Waals surface area contributed by atoms with E-state index in [4.69, 9.17) is 10.5 Å². The van der Waals surface area contributed by atoms with Crippen LogP contribution in [0.5, 0.6) is 0 Å². The summed E-state index contributed by atoms with van der Waals surface area (Å²) in [5, 5.41) is 0. The average molecular weight is 234 g/mol. The van der Waals surface area contributed by atoms with Crippen LogP contribution in [-0.4, -0.2) is 35.3 Å². The van der Waals surface area contributed by atoms with Crippen LogP contribution in [0.25, 0.3) is 0 Å². The number of morpholine rings is 1.